The maximum atomic E-state index is 11.5. The highest BCUT2D eigenvalue weighted by atomic mass is 35.5. The van der Waals surface area contributed by atoms with Crippen LogP contribution in [0.15, 0.2) is 12.1 Å². The largest absolute Gasteiger partial charge is 0.496 e. The minimum atomic E-state index is 0.320. The van der Waals surface area contributed by atoms with Gasteiger partial charge in [-0.05, 0) is 30.9 Å². The van der Waals surface area contributed by atoms with Crippen LogP contribution in [0.25, 0.3) is 0 Å². The fraction of sp³-hybridized carbons (Fsp3) is 0.533. The van der Waals surface area contributed by atoms with Gasteiger partial charge in [-0.15, -0.1) is 0 Å². The summed E-state index contributed by atoms with van der Waals surface area (Å²) in [5, 5.41) is 0.568. The van der Waals surface area contributed by atoms with E-state index < -0.39 is 0 Å². The molecule has 1 rings (SSSR count). The number of methoxy groups -OCH3 is 2. The Bertz CT molecular complexity index is 430. The second kappa shape index (κ2) is 8.05. The van der Waals surface area contributed by atoms with Crippen LogP contribution < -0.4 is 9.47 Å². The third kappa shape index (κ3) is 4.75. The minimum Gasteiger partial charge on any atom is -0.496 e. The van der Waals surface area contributed by atoms with Crippen molar-refractivity contribution in [1.82, 2.24) is 0 Å². The summed E-state index contributed by atoms with van der Waals surface area (Å²) in [5.74, 6) is 1.68. The van der Waals surface area contributed by atoms with E-state index in [0.29, 0.717) is 29.4 Å². The number of carbonyl (C=O) groups is 1. The fourth-order valence-electron chi connectivity index (χ4n) is 2.00. The Morgan fingerprint density at radius 1 is 1.16 bits per heavy atom. The zero-order chi connectivity index (χ0) is 14.3. The minimum absolute atomic E-state index is 0.320. The van der Waals surface area contributed by atoms with E-state index in [0.717, 1.165) is 30.6 Å². The molecule has 0 unspecified atom stereocenters. The predicted octanol–water partition coefficient (Wildman–Crippen LogP) is 4.05. The molecule has 1 aromatic carbocycles. The number of carbonyl (C=O) groups excluding carboxylic acids is 1. The number of Topliss-reactive ketones (excluding diaryl/α,β-unsaturated/α-hetero) is 1. The number of ether oxygens (including phenoxy) is 2. The Balaban J connectivity index is 2.67. The normalized spacial score (nSPS) is 10.3. The van der Waals surface area contributed by atoms with Crippen molar-refractivity contribution in [3.05, 3.63) is 22.7 Å². The van der Waals surface area contributed by atoms with Crippen LogP contribution in [0.3, 0.4) is 0 Å². The van der Waals surface area contributed by atoms with Crippen molar-refractivity contribution < 1.29 is 14.3 Å². The molecule has 0 aromatic heterocycles. The fourth-order valence-corrected chi connectivity index (χ4v) is 2.26. The first kappa shape index (κ1) is 15.8. The Morgan fingerprint density at radius 2 is 1.84 bits per heavy atom. The Morgan fingerprint density at radius 3 is 2.42 bits per heavy atom. The third-order valence-electron chi connectivity index (χ3n) is 2.99. The van der Waals surface area contributed by atoms with Gasteiger partial charge in [0, 0.05) is 18.9 Å². The van der Waals surface area contributed by atoms with Gasteiger partial charge in [0.1, 0.15) is 17.3 Å². The number of ketones is 1. The molecule has 0 aliphatic heterocycles. The smallest absolute Gasteiger partial charge is 0.141 e. The van der Waals surface area contributed by atoms with Gasteiger partial charge in [0.15, 0.2) is 0 Å². The number of halogens is 1. The molecule has 1 aromatic rings. The number of aryl methyl sites for hydroxylation is 1. The molecule has 0 spiro atoms. The standard InChI is InChI=1S/C15H21ClO3/c1-4-6-12(17)8-5-7-11-9-13(16)15(19-3)10-14(11)18-2/h9-10H,4-8H2,1-3H3. The van der Waals surface area contributed by atoms with Crippen molar-refractivity contribution in [2.45, 2.75) is 39.0 Å². The summed E-state index contributed by atoms with van der Waals surface area (Å²) in [6.45, 7) is 2.02. The number of hydrogen-bond donors (Lipinski definition) is 0. The van der Waals surface area contributed by atoms with Crippen molar-refractivity contribution in [2.24, 2.45) is 0 Å². The van der Waals surface area contributed by atoms with Crippen molar-refractivity contribution in [3.63, 3.8) is 0 Å². The van der Waals surface area contributed by atoms with Crippen molar-refractivity contribution in [1.29, 1.82) is 0 Å². The quantitative estimate of drug-likeness (QED) is 0.722. The zero-order valence-corrected chi connectivity index (χ0v) is 12.5. The van der Waals surface area contributed by atoms with E-state index in [-0.39, 0.29) is 0 Å². The van der Waals surface area contributed by atoms with Crippen LogP contribution in [0.5, 0.6) is 11.5 Å². The van der Waals surface area contributed by atoms with Crippen molar-refractivity contribution >= 4 is 17.4 Å². The van der Waals surface area contributed by atoms with Crippen molar-refractivity contribution in [2.75, 3.05) is 14.2 Å². The molecule has 0 fully saturated rings. The van der Waals surface area contributed by atoms with Gasteiger partial charge in [0.2, 0.25) is 0 Å². The van der Waals surface area contributed by atoms with Crippen LogP contribution in [0.2, 0.25) is 5.02 Å². The lowest BCUT2D eigenvalue weighted by molar-refractivity contribution is -0.119. The average Bonchev–Trinajstić information content (AvgIpc) is 2.39. The molecule has 0 N–H and O–H groups in total. The van der Waals surface area contributed by atoms with Gasteiger partial charge in [0.25, 0.3) is 0 Å². The van der Waals surface area contributed by atoms with Gasteiger partial charge in [0.05, 0.1) is 19.2 Å². The highest BCUT2D eigenvalue weighted by Gasteiger charge is 2.10. The van der Waals surface area contributed by atoms with Gasteiger partial charge < -0.3 is 9.47 Å². The monoisotopic (exact) mass is 284 g/mol. The first-order valence-electron chi connectivity index (χ1n) is 6.54. The van der Waals surface area contributed by atoms with Gasteiger partial charge in [-0.3, -0.25) is 4.79 Å². The molecule has 0 aliphatic carbocycles. The second-order valence-electron chi connectivity index (χ2n) is 4.44. The summed E-state index contributed by atoms with van der Waals surface area (Å²) in [6, 6.07) is 3.63. The molecule has 3 nitrogen and oxygen atoms in total. The Labute approximate surface area is 119 Å². The molecule has 0 amide bonds. The molecule has 0 radical (unpaired) electrons. The molecule has 19 heavy (non-hydrogen) atoms. The van der Waals surface area contributed by atoms with Gasteiger partial charge in [-0.25, -0.2) is 0 Å². The van der Waals surface area contributed by atoms with E-state index in [4.69, 9.17) is 21.1 Å². The van der Waals surface area contributed by atoms with E-state index in [1.165, 1.54) is 0 Å². The Hall–Kier alpha value is -1.22. The molecule has 0 saturated heterocycles. The van der Waals surface area contributed by atoms with Crippen molar-refractivity contribution in [3.8, 4) is 11.5 Å². The number of hydrogen-bond acceptors (Lipinski definition) is 3. The summed E-state index contributed by atoms with van der Waals surface area (Å²) in [4.78, 5) is 11.5. The van der Waals surface area contributed by atoms with Crippen LogP contribution in [-0.4, -0.2) is 20.0 Å². The lowest BCUT2D eigenvalue weighted by Gasteiger charge is -2.11. The van der Waals surface area contributed by atoms with Gasteiger partial charge in [-0.2, -0.15) is 0 Å². The molecule has 106 valence electrons. The first-order chi connectivity index (χ1) is 9.12. The second-order valence-corrected chi connectivity index (χ2v) is 4.85. The van der Waals surface area contributed by atoms with E-state index >= 15 is 0 Å². The van der Waals surface area contributed by atoms with E-state index in [9.17, 15) is 4.79 Å². The zero-order valence-electron chi connectivity index (χ0n) is 11.8. The molecular formula is C15H21ClO3. The molecule has 0 saturated carbocycles. The molecule has 0 aliphatic rings. The topological polar surface area (TPSA) is 35.5 Å². The van der Waals surface area contributed by atoms with Gasteiger partial charge >= 0.3 is 0 Å². The van der Waals surface area contributed by atoms with Gasteiger partial charge in [-0.1, -0.05) is 18.5 Å². The molecule has 4 heteroatoms. The highest BCUT2D eigenvalue weighted by Crippen LogP contribution is 2.33. The van der Waals surface area contributed by atoms with E-state index in [1.807, 2.05) is 13.0 Å². The van der Waals surface area contributed by atoms with Crippen LogP contribution in [0.4, 0.5) is 0 Å². The molecule has 0 atom stereocenters. The van der Waals surface area contributed by atoms with Crippen LogP contribution in [0, 0.1) is 0 Å². The van der Waals surface area contributed by atoms with E-state index in [1.54, 1.807) is 20.3 Å². The summed E-state index contributed by atoms with van der Waals surface area (Å²) < 4.78 is 10.5. The highest BCUT2D eigenvalue weighted by molar-refractivity contribution is 6.32. The summed E-state index contributed by atoms with van der Waals surface area (Å²) in [7, 11) is 3.19. The molecule has 0 heterocycles. The van der Waals surface area contributed by atoms with Crippen LogP contribution >= 0.6 is 11.6 Å². The lowest BCUT2D eigenvalue weighted by Crippen LogP contribution is -1.99. The van der Waals surface area contributed by atoms with Crippen LogP contribution in [-0.2, 0) is 11.2 Å². The average molecular weight is 285 g/mol. The first-order valence-corrected chi connectivity index (χ1v) is 6.92. The third-order valence-corrected chi connectivity index (χ3v) is 3.28. The number of rotatable bonds is 8. The maximum absolute atomic E-state index is 11.5. The summed E-state index contributed by atoms with van der Waals surface area (Å²) in [6.07, 6.45) is 3.79. The van der Waals surface area contributed by atoms with E-state index in [2.05, 4.69) is 0 Å². The number of benzene rings is 1. The summed E-state index contributed by atoms with van der Waals surface area (Å²) in [5.41, 5.74) is 1.01. The Kier molecular flexibility index (Phi) is 6.71. The molecular weight excluding hydrogens is 264 g/mol. The van der Waals surface area contributed by atoms with Crippen LogP contribution in [0.1, 0.15) is 38.2 Å². The predicted molar refractivity (Wildman–Crippen MR) is 77.4 cm³/mol. The maximum Gasteiger partial charge on any atom is 0.141 e. The SMILES string of the molecule is CCCC(=O)CCCc1cc(Cl)c(OC)cc1OC. The molecule has 0 bridgehead atoms. The summed E-state index contributed by atoms with van der Waals surface area (Å²) >= 11 is 6.10. The lowest BCUT2D eigenvalue weighted by atomic mass is 10.0.